The molecule has 0 radical (unpaired) electrons. The van der Waals surface area contributed by atoms with E-state index in [1.807, 2.05) is 37.3 Å². The van der Waals surface area contributed by atoms with E-state index in [9.17, 15) is 15.2 Å². The highest BCUT2D eigenvalue weighted by molar-refractivity contribution is 5.85. The van der Waals surface area contributed by atoms with Gasteiger partial charge in [0.25, 0.3) is 0 Å². The van der Waals surface area contributed by atoms with Crippen LogP contribution in [0.15, 0.2) is 42.7 Å². The predicted molar refractivity (Wildman–Crippen MR) is 119 cm³/mol. The highest BCUT2D eigenvalue weighted by atomic mass is 16.5. The molecule has 166 valence electrons. The number of aromatic nitrogens is 2. The molecule has 4 rings (SSSR count). The maximum absolute atomic E-state index is 11.1. The van der Waals surface area contributed by atoms with Crippen LogP contribution in [0.5, 0.6) is 5.75 Å². The molecule has 3 N–H and O–H groups in total. The lowest BCUT2D eigenvalue weighted by atomic mass is 9.88. The average Bonchev–Trinajstić information content (AvgIpc) is 3.22. The number of ether oxygens (including phenoxy) is 1. The first-order valence-corrected chi connectivity index (χ1v) is 10.5. The number of carboxylic acid groups (broad SMARTS) is 1. The number of carbonyl (C=O) groups is 1. The Hall–Kier alpha value is -3.77. The van der Waals surface area contributed by atoms with Crippen LogP contribution in [0.2, 0.25) is 0 Å². The van der Waals surface area contributed by atoms with E-state index in [0.717, 1.165) is 22.3 Å². The van der Waals surface area contributed by atoms with Gasteiger partial charge in [-0.15, -0.1) is 0 Å². The van der Waals surface area contributed by atoms with Gasteiger partial charge in [-0.25, -0.2) is 9.31 Å². The van der Waals surface area contributed by atoms with Crippen molar-refractivity contribution in [1.82, 2.24) is 14.9 Å². The van der Waals surface area contributed by atoms with Gasteiger partial charge < -0.3 is 25.2 Å². The van der Waals surface area contributed by atoms with Crippen molar-refractivity contribution < 1.29 is 19.7 Å². The Morgan fingerprint density at radius 3 is 2.62 bits per heavy atom. The summed E-state index contributed by atoms with van der Waals surface area (Å²) in [5.74, 6) is 0.675. The number of fused-ring (bicyclic) bond motifs is 1. The van der Waals surface area contributed by atoms with E-state index in [1.165, 1.54) is 0 Å². The summed E-state index contributed by atoms with van der Waals surface area (Å²) >= 11 is 0. The number of amides is 1. The van der Waals surface area contributed by atoms with Gasteiger partial charge >= 0.3 is 6.09 Å². The molecule has 0 atom stereocenters. The predicted octanol–water partition coefficient (Wildman–Crippen LogP) is 2.87. The van der Waals surface area contributed by atoms with Crippen molar-refractivity contribution in [2.24, 2.45) is 0 Å². The standard InChI is InChI=1S/C23H25N5O4/c1-2-32-19-11-20(21-17(12-24)13-25-28(21)14-19)16-3-5-18(6-4-16)27-9-7-23(15-29,8-10-27)26-22(30)31/h3-6,11,13-14,26,29H,2,7-10,15H2,1H3,(H,30,31). The molecule has 3 heterocycles. The highest BCUT2D eigenvalue weighted by Crippen LogP contribution is 2.33. The zero-order valence-corrected chi connectivity index (χ0v) is 17.8. The van der Waals surface area contributed by atoms with Gasteiger partial charge in [0.2, 0.25) is 0 Å². The quantitative estimate of drug-likeness (QED) is 0.544. The van der Waals surface area contributed by atoms with Crippen molar-refractivity contribution in [3.8, 4) is 22.9 Å². The first-order valence-electron chi connectivity index (χ1n) is 10.5. The minimum Gasteiger partial charge on any atom is -0.492 e. The number of piperidine rings is 1. The zero-order chi connectivity index (χ0) is 22.7. The third-order valence-corrected chi connectivity index (χ3v) is 5.96. The van der Waals surface area contributed by atoms with Gasteiger partial charge in [-0.1, -0.05) is 12.1 Å². The lowest BCUT2D eigenvalue weighted by Gasteiger charge is -2.41. The molecule has 32 heavy (non-hydrogen) atoms. The van der Waals surface area contributed by atoms with Crippen LogP contribution in [-0.2, 0) is 0 Å². The molecule has 1 saturated heterocycles. The van der Waals surface area contributed by atoms with Crippen molar-refractivity contribution in [2.75, 3.05) is 31.2 Å². The summed E-state index contributed by atoms with van der Waals surface area (Å²) in [6.07, 6.45) is 3.25. The molecule has 3 aromatic rings. The molecule has 0 spiro atoms. The number of hydrogen-bond acceptors (Lipinski definition) is 6. The summed E-state index contributed by atoms with van der Waals surface area (Å²) in [5, 5.41) is 35.0. The molecular weight excluding hydrogens is 410 g/mol. The molecule has 0 saturated carbocycles. The van der Waals surface area contributed by atoms with E-state index in [1.54, 1.807) is 16.9 Å². The van der Waals surface area contributed by atoms with Crippen molar-refractivity contribution in [3.05, 3.63) is 48.3 Å². The van der Waals surface area contributed by atoms with E-state index >= 15 is 0 Å². The molecular formula is C23H25N5O4. The molecule has 2 aromatic heterocycles. The summed E-state index contributed by atoms with van der Waals surface area (Å²) in [6, 6.07) is 12.1. The number of nitrogens with one attached hydrogen (secondary N) is 1. The van der Waals surface area contributed by atoms with Gasteiger partial charge in [0, 0.05) is 24.3 Å². The Bertz CT molecular complexity index is 1160. The number of hydrogen-bond donors (Lipinski definition) is 3. The number of nitriles is 1. The van der Waals surface area contributed by atoms with E-state index in [2.05, 4.69) is 21.4 Å². The number of pyridine rings is 1. The first kappa shape index (κ1) is 21.5. The number of rotatable bonds is 6. The van der Waals surface area contributed by atoms with E-state index < -0.39 is 11.6 Å². The van der Waals surface area contributed by atoms with E-state index in [-0.39, 0.29) is 6.61 Å². The summed E-state index contributed by atoms with van der Waals surface area (Å²) in [4.78, 5) is 13.2. The average molecular weight is 435 g/mol. The fourth-order valence-corrected chi connectivity index (χ4v) is 4.24. The van der Waals surface area contributed by atoms with Crippen molar-refractivity contribution in [2.45, 2.75) is 25.3 Å². The first-order chi connectivity index (χ1) is 15.5. The Labute approximate surface area is 185 Å². The fourth-order valence-electron chi connectivity index (χ4n) is 4.24. The van der Waals surface area contributed by atoms with Crippen LogP contribution in [-0.4, -0.2) is 57.8 Å². The SMILES string of the molecule is CCOc1cc(-c2ccc(N3CCC(CO)(NC(=O)O)CC3)cc2)c2c(C#N)cnn2c1. The van der Waals surface area contributed by atoms with Gasteiger partial charge in [-0.2, -0.15) is 10.4 Å². The molecule has 1 aromatic carbocycles. The number of nitrogens with zero attached hydrogens (tertiary/aromatic N) is 4. The van der Waals surface area contributed by atoms with Gasteiger partial charge in [-0.3, -0.25) is 0 Å². The van der Waals surface area contributed by atoms with Crippen molar-refractivity contribution in [1.29, 1.82) is 5.26 Å². The van der Waals surface area contributed by atoms with Crippen molar-refractivity contribution in [3.63, 3.8) is 0 Å². The molecule has 9 heteroatoms. The maximum atomic E-state index is 11.1. The van der Waals surface area contributed by atoms with Crippen LogP contribution in [0.4, 0.5) is 10.5 Å². The molecule has 0 bridgehead atoms. The number of anilines is 1. The molecule has 0 unspecified atom stereocenters. The minimum absolute atomic E-state index is 0.217. The largest absolute Gasteiger partial charge is 0.492 e. The fraction of sp³-hybridized carbons (Fsp3) is 0.348. The smallest absolute Gasteiger partial charge is 0.405 e. The van der Waals surface area contributed by atoms with Gasteiger partial charge in [0.05, 0.1) is 42.2 Å². The second-order valence-electron chi connectivity index (χ2n) is 7.89. The van der Waals surface area contributed by atoms with E-state index in [0.29, 0.717) is 43.9 Å². The Balaban J connectivity index is 1.60. The topological polar surface area (TPSA) is 123 Å². The highest BCUT2D eigenvalue weighted by Gasteiger charge is 2.35. The van der Waals surface area contributed by atoms with Crippen LogP contribution >= 0.6 is 0 Å². The maximum Gasteiger partial charge on any atom is 0.405 e. The third kappa shape index (κ3) is 4.05. The molecule has 1 fully saturated rings. The van der Waals surface area contributed by atoms with Crippen LogP contribution in [0.3, 0.4) is 0 Å². The minimum atomic E-state index is -1.12. The van der Waals surface area contributed by atoms with Gasteiger partial charge in [-0.05, 0) is 43.5 Å². The van der Waals surface area contributed by atoms with Crippen LogP contribution in [0.25, 0.3) is 16.6 Å². The molecule has 1 aliphatic heterocycles. The number of aliphatic hydroxyl groups is 1. The number of benzene rings is 1. The molecule has 0 aliphatic carbocycles. The van der Waals surface area contributed by atoms with Crippen LogP contribution in [0.1, 0.15) is 25.3 Å². The molecule has 1 aliphatic rings. The summed E-state index contributed by atoms with van der Waals surface area (Å²) < 4.78 is 7.34. The van der Waals surface area contributed by atoms with Gasteiger partial charge in [0.1, 0.15) is 11.8 Å². The van der Waals surface area contributed by atoms with Crippen LogP contribution in [0, 0.1) is 11.3 Å². The third-order valence-electron chi connectivity index (χ3n) is 5.96. The normalized spacial score (nSPS) is 15.3. The van der Waals surface area contributed by atoms with Crippen molar-refractivity contribution >= 4 is 17.3 Å². The summed E-state index contributed by atoms with van der Waals surface area (Å²) in [7, 11) is 0. The Morgan fingerprint density at radius 1 is 1.31 bits per heavy atom. The summed E-state index contributed by atoms with van der Waals surface area (Å²) in [6.45, 7) is 3.48. The monoisotopic (exact) mass is 435 g/mol. The summed E-state index contributed by atoms with van der Waals surface area (Å²) in [5.41, 5.74) is 3.25. The second kappa shape index (κ2) is 8.77. The molecule has 9 nitrogen and oxygen atoms in total. The second-order valence-corrected chi connectivity index (χ2v) is 7.89. The van der Waals surface area contributed by atoms with E-state index in [4.69, 9.17) is 9.84 Å². The zero-order valence-electron chi connectivity index (χ0n) is 17.8. The van der Waals surface area contributed by atoms with Gasteiger partial charge in [0.15, 0.2) is 0 Å². The number of aliphatic hydroxyl groups excluding tert-OH is 1. The lowest BCUT2D eigenvalue weighted by Crippen LogP contribution is -2.57. The lowest BCUT2D eigenvalue weighted by molar-refractivity contribution is 0.120. The Kier molecular flexibility index (Phi) is 5.88. The molecule has 1 amide bonds. The Morgan fingerprint density at radius 2 is 2.03 bits per heavy atom. The van der Waals surface area contributed by atoms with Crippen LogP contribution < -0.4 is 15.0 Å².